The highest BCUT2D eigenvalue weighted by Gasteiger charge is 2.21. The quantitative estimate of drug-likeness (QED) is 0.937. The zero-order valence-electron chi connectivity index (χ0n) is 13.0. The molecule has 1 aromatic heterocycles. The van der Waals surface area contributed by atoms with E-state index < -0.39 is 0 Å². The molecule has 1 atom stereocenters. The lowest BCUT2D eigenvalue weighted by Crippen LogP contribution is -2.40. The molecule has 4 nitrogen and oxygen atoms in total. The molecule has 0 radical (unpaired) electrons. The number of thiophene rings is 1. The Morgan fingerprint density at radius 2 is 2.00 bits per heavy atom. The molecule has 0 amide bonds. The van der Waals surface area contributed by atoms with Gasteiger partial charge in [-0.2, -0.15) is 10.5 Å². The van der Waals surface area contributed by atoms with Crippen LogP contribution in [-0.2, 0) is 13.0 Å². The van der Waals surface area contributed by atoms with Gasteiger partial charge >= 0.3 is 0 Å². The Balaban J connectivity index is 1.68. The molecule has 1 aromatic carbocycles. The van der Waals surface area contributed by atoms with Crippen molar-refractivity contribution < 1.29 is 0 Å². The average molecular weight is 322 g/mol. The largest absolute Gasteiger partial charge is 0.381 e. The van der Waals surface area contributed by atoms with Crippen LogP contribution in [0.5, 0.6) is 0 Å². The van der Waals surface area contributed by atoms with Crippen LogP contribution in [0.2, 0.25) is 0 Å². The molecule has 1 aliphatic heterocycles. The first-order valence-electron chi connectivity index (χ1n) is 7.69. The van der Waals surface area contributed by atoms with E-state index in [-0.39, 0.29) is 0 Å². The van der Waals surface area contributed by atoms with Gasteiger partial charge in [0.05, 0.1) is 16.8 Å². The second-order valence-electron chi connectivity index (χ2n) is 5.77. The lowest BCUT2D eigenvalue weighted by atomic mass is 10.1. The number of nitriles is 2. The van der Waals surface area contributed by atoms with Crippen LogP contribution in [0.3, 0.4) is 0 Å². The predicted molar refractivity (Wildman–Crippen MR) is 92.3 cm³/mol. The molecule has 2 heterocycles. The Morgan fingerprint density at radius 1 is 1.26 bits per heavy atom. The summed E-state index contributed by atoms with van der Waals surface area (Å²) in [5, 5.41) is 23.9. The number of hydrogen-bond acceptors (Lipinski definition) is 5. The van der Waals surface area contributed by atoms with E-state index in [2.05, 4.69) is 40.7 Å². The van der Waals surface area contributed by atoms with E-state index >= 15 is 0 Å². The van der Waals surface area contributed by atoms with Gasteiger partial charge in [-0.25, -0.2) is 0 Å². The Morgan fingerprint density at radius 3 is 2.70 bits per heavy atom. The molecule has 1 aliphatic rings. The monoisotopic (exact) mass is 322 g/mol. The van der Waals surface area contributed by atoms with Gasteiger partial charge in [0.25, 0.3) is 0 Å². The van der Waals surface area contributed by atoms with E-state index in [0.717, 1.165) is 19.5 Å². The Hall–Kier alpha value is -2.34. The third kappa shape index (κ3) is 3.22. The molecule has 116 valence electrons. The number of para-hydroxylation sites is 1. The lowest BCUT2D eigenvalue weighted by molar-refractivity contribution is 0.200. The summed E-state index contributed by atoms with van der Waals surface area (Å²) in [7, 11) is 0. The predicted octanol–water partition coefficient (Wildman–Crippen LogP) is 3.35. The number of hydrogen-bond donors (Lipinski definition) is 1. The van der Waals surface area contributed by atoms with Crippen molar-refractivity contribution in [3.8, 4) is 12.1 Å². The minimum atomic E-state index is 0.335. The summed E-state index contributed by atoms with van der Waals surface area (Å²) in [5.74, 6) is 0. The van der Waals surface area contributed by atoms with Crippen LogP contribution in [0.25, 0.3) is 0 Å². The molecule has 1 N–H and O–H groups in total. The molecule has 0 fully saturated rings. The van der Waals surface area contributed by atoms with Crippen LogP contribution >= 0.6 is 11.3 Å². The van der Waals surface area contributed by atoms with Gasteiger partial charge in [-0.05, 0) is 42.5 Å². The van der Waals surface area contributed by atoms with Crippen molar-refractivity contribution in [1.29, 1.82) is 10.5 Å². The molecule has 0 bridgehead atoms. The van der Waals surface area contributed by atoms with Crippen LogP contribution < -0.4 is 5.32 Å². The van der Waals surface area contributed by atoms with Gasteiger partial charge in [-0.15, -0.1) is 11.3 Å². The van der Waals surface area contributed by atoms with E-state index in [4.69, 9.17) is 0 Å². The third-order valence-corrected chi connectivity index (χ3v) is 5.36. The molecule has 3 rings (SSSR count). The van der Waals surface area contributed by atoms with Gasteiger partial charge in [0.15, 0.2) is 0 Å². The first-order valence-corrected chi connectivity index (χ1v) is 8.57. The van der Waals surface area contributed by atoms with E-state index in [1.54, 1.807) is 18.2 Å². The molecule has 2 aromatic rings. The van der Waals surface area contributed by atoms with E-state index in [1.165, 1.54) is 10.4 Å². The zero-order chi connectivity index (χ0) is 16.2. The van der Waals surface area contributed by atoms with E-state index in [0.29, 0.717) is 29.4 Å². The summed E-state index contributed by atoms with van der Waals surface area (Å²) in [6.45, 7) is 4.94. The Labute approximate surface area is 140 Å². The smallest absolute Gasteiger partial charge is 0.101 e. The highest BCUT2D eigenvalue weighted by Crippen LogP contribution is 2.26. The highest BCUT2D eigenvalue weighted by atomic mass is 32.1. The fourth-order valence-electron chi connectivity index (χ4n) is 2.95. The summed E-state index contributed by atoms with van der Waals surface area (Å²) in [4.78, 5) is 3.95. The lowest BCUT2D eigenvalue weighted by Gasteiger charge is -2.32. The van der Waals surface area contributed by atoms with Gasteiger partial charge in [0.1, 0.15) is 12.1 Å². The number of nitrogens with one attached hydrogen (secondary N) is 1. The van der Waals surface area contributed by atoms with Crippen LogP contribution in [0.1, 0.15) is 28.5 Å². The zero-order valence-corrected chi connectivity index (χ0v) is 13.9. The molecule has 1 unspecified atom stereocenters. The van der Waals surface area contributed by atoms with Crippen molar-refractivity contribution in [2.24, 2.45) is 0 Å². The molecular weight excluding hydrogens is 304 g/mol. The van der Waals surface area contributed by atoms with Crippen molar-refractivity contribution in [3.63, 3.8) is 0 Å². The highest BCUT2D eigenvalue weighted by molar-refractivity contribution is 7.10. The van der Waals surface area contributed by atoms with Crippen LogP contribution in [0.15, 0.2) is 29.6 Å². The van der Waals surface area contributed by atoms with Crippen molar-refractivity contribution in [2.45, 2.75) is 25.9 Å². The fraction of sp³-hybridized carbons (Fsp3) is 0.333. The summed E-state index contributed by atoms with van der Waals surface area (Å²) >= 11 is 1.84. The average Bonchev–Trinajstić information content (AvgIpc) is 3.06. The SMILES string of the molecule is CC(CNc1c(C#N)cccc1C#N)N1CCc2sccc2C1. The van der Waals surface area contributed by atoms with Gasteiger partial charge in [-0.1, -0.05) is 6.07 Å². The van der Waals surface area contributed by atoms with Crippen LogP contribution in [0, 0.1) is 22.7 Å². The van der Waals surface area contributed by atoms with Gasteiger partial charge in [0.2, 0.25) is 0 Å². The van der Waals surface area contributed by atoms with Gasteiger partial charge in [-0.3, -0.25) is 4.90 Å². The number of rotatable bonds is 4. The van der Waals surface area contributed by atoms with Crippen LogP contribution in [-0.4, -0.2) is 24.0 Å². The summed E-state index contributed by atoms with van der Waals surface area (Å²) in [6.07, 6.45) is 1.11. The van der Waals surface area contributed by atoms with Crippen LogP contribution in [0.4, 0.5) is 5.69 Å². The first kappa shape index (κ1) is 15.6. The van der Waals surface area contributed by atoms with E-state index in [1.807, 2.05) is 11.3 Å². The van der Waals surface area contributed by atoms with Crippen molar-refractivity contribution >= 4 is 17.0 Å². The molecule has 0 saturated carbocycles. The van der Waals surface area contributed by atoms with Crippen molar-refractivity contribution in [1.82, 2.24) is 4.90 Å². The fourth-order valence-corrected chi connectivity index (χ4v) is 3.84. The molecule has 5 heteroatoms. The molecule has 0 saturated heterocycles. The van der Waals surface area contributed by atoms with Crippen molar-refractivity contribution in [2.75, 3.05) is 18.4 Å². The Bertz CT molecular complexity index is 749. The number of benzene rings is 1. The number of nitrogens with zero attached hydrogens (tertiary/aromatic N) is 3. The minimum absolute atomic E-state index is 0.335. The summed E-state index contributed by atoms with van der Waals surface area (Å²) in [6, 6.07) is 12.1. The van der Waals surface area contributed by atoms with Gasteiger partial charge < -0.3 is 5.32 Å². The Kier molecular flexibility index (Phi) is 4.62. The minimum Gasteiger partial charge on any atom is -0.381 e. The maximum absolute atomic E-state index is 9.23. The number of fused-ring (bicyclic) bond motifs is 1. The molecular formula is C18H18N4S. The molecule has 0 aliphatic carbocycles. The molecule has 23 heavy (non-hydrogen) atoms. The standard InChI is InChI=1S/C18H18N4S/c1-13(22-7-5-17-16(12-22)6-8-23-17)11-21-18-14(9-19)3-2-4-15(18)10-20/h2-4,6,8,13,21H,5,7,11-12H2,1H3. The summed E-state index contributed by atoms with van der Waals surface area (Å²) < 4.78 is 0. The second-order valence-corrected chi connectivity index (χ2v) is 6.77. The molecule has 0 spiro atoms. The van der Waals surface area contributed by atoms with Crippen molar-refractivity contribution in [3.05, 3.63) is 51.2 Å². The summed E-state index contributed by atoms with van der Waals surface area (Å²) in [5.41, 5.74) is 3.13. The number of anilines is 1. The maximum atomic E-state index is 9.23. The third-order valence-electron chi connectivity index (χ3n) is 4.34. The van der Waals surface area contributed by atoms with Gasteiger partial charge in [0, 0.05) is 30.6 Å². The normalized spacial score (nSPS) is 15.3. The maximum Gasteiger partial charge on any atom is 0.101 e. The van der Waals surface area contributed by atoms with E-state index in [9.17, 15) is 10.5 Å². The topological polar surface area (TPSA) is 62.9 Å². The first-order chi connectivity index (χ1) is 11.2. The second kappa shape index (κ2) is 6.83.